The summed E-state index contributed by atoms with van der Waals surface area (Å²) in [5.74, 6) is 6.88. The molecule has 0 saturated carbocycles. The van der Waals surface area contributed by atoms with E-state index in [0.717, 1.165) is 16.5 Å². The van der Waals surface area contributed by atoms with Crippen LogP contribution in [0, 0.1) is 0 Å². The van der Waals surface area contributed by atoms with Gasteiger partial charge in [-0.1, -0.05) is 36.4 Å². The lowest BCUT2D eigenvalue weighted by molar-refractivity contribution is 0.466. The molecule has 0 amide bonds. The van der Waals surface area contributed by atoms with Crippen molar-refractivity contribution in [2.75, 3.05) is 5.43 Å². The Bertz CT molecular complexity index is 709. The molecule has 0 unspecified atom stereocenters. The molecular weight excluding hydrogens is 240 g/mol. The van der Waals surface area contributed by atoms with Gasteiger partial charge >= 0.3 is 0 Å². The van der Waals surface area contributed by atoms with Crippen molar-refractivity contribution >= 4 is 16.6 Å². The predicted octanol–water partition coefficient (Wildman–Crippen LogP) is 2.71. The van der Waals surface area contributed by atoms with E-state index in [-0.39, 0.29) is 0 Å². The fourth-order valence-electron chi connectivity index (χ4n) is 1.86. The highest BCUT2D eigenvalue weighted by Crippen LogP contribution is 2.28. The summed E-state index contributed by atoms with van der Waals surface area (Å²) in [6, 6.07) is 13.9. The highest BCUT2D eigenvalue weighted by Gasteiger charge is 2.04. The molecule has 0 spiro atoms. The van der Waals surface area contributed by atoms with Gasteiger partial charge in [0.25, 0.3) is 0 Å². The smallest absolute Gasteiger partial charge is 0.239 e. The number of nitrogens with one attached hydrogen (secondary N) is 1. The Hall–Kier alpha value is -2.66. The van der Waals surface area contributed by atoms with Gasteiger partial charge in [0.15, 0.2) is 5.82 Å². The molecule has 19 heavy (non-hydrogen) atoms. The van der Waals surface area contributed by atoms with Gasteiger partial charge in [-0.15, -0.1) is 0 Å². The first-order valence-corrected chi connectivity index (χ1v) is 5.81. The average molecular weight is 252 g/mol. The molecule has 3 rings (SSSR count). The SMILES string of the molecule is NNc1cncc(Oc2cccc3ccccc23)n1. The first-order valence-electron chi connectivity index (χ1n) is 5.81. The van der Waals surface area contributed by atoms with Crippen LogP contribution in [0.5, 0.6) is 11.6 Å². The van der Waals surface area contributed by atoms with Gasteiger partial charge in [0.2, 0.25) is 5.88 Å². The second-order valence-corrected chi connectivity index (χ2v) is 3.97. The van der Waals surface area contributed by atoms with Crippen molar-refractivity contribution in [2.24, 2.45) is 5.84 Å². The van der Waals surface area contributed by atoms with Crippen LogP contribution in [0.4, 0.5) is 5.82 Å². The Morgan fingerprint density at radius 3 is 2.74 bits per heavy atom. The van der Waals surface area contributed by atoms with Crippen LogP contribution >= 0.6 is 0 Å². The van der Waals surface area contributed by atoms with Gasteiger partial charge < -0.3 is 10.2 Å². The molecule has 0 fully saturated rings. The van der Waals surface area contributed by atoms with Gasteiger partial charge in [-0.25, -0.2) is 5.84 Å². The Morgan fingerprint density at radius 2 is 1.84 bits per heavy atom. The number of benzene rings is 2. The van der Waals surface area contributed by atoms with E-state index in [9.17, 15) is 0 Å². The molecule has 1 heterocycles. The second-order valence-electron chi connectivity index (χ2n) is 3.97. The molecule has 3 aromatic rings. The van der Waals surface area contributed by atoms with Crippen molar-refractivity contribution in [1.82, 2.24) is 9.97 Å². The summed E-state index contributed by atoms with van der Waals surface area (Å²) in [6.45, 7) is 0. The highest BCUT2D eigenvalue weighted by atomic mass is 16.5. The zero-order chi connectivity index (χ0) is 13.1. The Balaban J connectivity index is 2.01. The van der Waals surface area contributed by atoms with E-state index in [1.165, 1.54) is 6.20 Å². The highest BCUT2D eigenvalue weighted by molar-refractivity contribution is 5.88. The molecule has 0 aliphatic carbocycles. The molecule has 2 aromatic carbocycles. The normalized spacial score (nSPS) is 10.4. The number of hydrogen-bond acceptors (Lipinski definition) is 5. The number of hydrazine groups is 1. The number of anilines is 1. The van der Waals surface area contributed by atoms with Crippen LogP contribution < -0.4 is 16.0 Å². The summed E-state index contributed by atoms with van der Waals surface area (Å²) in [5.41, 5.74) is 2.44. The fourth-order valence-corrected chi connectivity index (χ4v) is 1.86. The standard InChI is InChI=1S/C14H12N4O/c15-18-13-8-16-9-14(17-13)19-12-7-3-5-10-4-1-2-6-11(10)12/h1-9H,15H2,(H,17,18). The zero-order valence-electron chi connectivity index (χ0n) is 10.1. The summed E-state index contributed by atoms with van der Waals surface area (Å²) in [4.78, 5) is 8.17. The molecule has 1 aromatic heterocycles. The minimum absolute atomic E-state index is 0.395. The van der Waals surface area contributed by atoms with Gasteiger partial charge in [0.05, 0.1) is 12.4 Å². The number of rotatable bonds is 3. The summed E-state index contributed by atoms with van der Waals surface area (Å²) >= 11 is 0. The Labute approximate surface area is 110 Å². The van der Waals surface area contributed by atoms with E-state index >= 15 is 0 Å². The van der Waals surface area contributed by atoms with Crippen molar-refractivity contribution < 1.29 is 4.74 Å². The zero-order valence-corrected chi connectivity index (χ0v) is 10.1. The van der Waals surface area contributed by atoms with Gasteiger partial charge in [-0.2, -0.15) is 4.98 Å². The maximum atomic E-state index is 5.76. The molecule has 0 radical (unpaired) electrons. The number of nitrogens with zero attached hydrogens (tertiary/aromatic N) is 2. The minimum atomic E-state index is 0.395. The summed E-state index contributed by atoms with van der Waals surface area (Å²) < 4.78 is 5.76. The maximum Gasteiger partial charge on any atom is 0.239 e. The monoisotopic (exact) mass is 252 g/mol. The molecule has 5 heteroatoms. The van der Waals surface area contributed by atoms with E-state index in [0.29, 0.717) is 11.7 Å². The van der Waals surface area contributed by atoms with Gasteiger partial charge in [0, 0.05) is 5.39 Å². The number of aromatic nitrogens is 2. The number of nitrogen functional groups attached to an aromatic ring is 1. The molecule has 0 saturated heterocycles. The first-order chi connectivity index (χ1) is 9.36. The lowest BCUT2D eigenvalue weighted by atomic mass is 10.1. The van der Waals surface area contributed by atoms with E-state index in [4.69, 9.17) is 10.6 Å². The van der Waals surface area contributed by atoms with E-state index in [1.807, 2.05) is 42.5 Å². The summed E-state index contributed by atoms with van der Waals surface area (Å²) in [7, 11) is 0. The first kappa shape index (κ1) is 11.4. The van der Waals surface area contributed by atoms with E-state index in [1.54, 1.807) is 6.20 Å². The van der Waals surface area contributed by atoms with Gasteiger partial charge in [0.1, 0.15) is 5.75 Å². The van der Waals surface area contributed by atoms with E-state index < -0.39 is 0 Å². The van der Waals surface area contributed by atoms with Crippen molar-refractivity contribution in [3.63, 3.8) is 0 Å². The van der Waals surface area contributed by atoms with Crippen LogP contribution in [0.1, 0.15) is 0 Å². The van der Waals surface area contributed by atoms with E-state index in [2.05, 4.69) is 15.4 Å². The van der Waals surface area contributed by atoms with Crippen LogP contribution in [0.3, 0.4) is 0 Å². The van der Waals surface area contributed by atoms with Crippen LogP contribution in [-0.2, 0) is 0 Å². The predicted molar refractivity (Wildman–Crippen MR) is 73.9 cm³/mol. The lowest BCUT2D eigenvalue weighted by Crippen LogP contribution is -2.09. The number of ether oxygens (including phenoxy) is 1. The number of nitrogens with two attached hydrogens (primary N) is 1. The van der Waals surface area contributed by atoms with Crippen molar-refractivity contribution in [3.05, 3.63) is 54.9 Å². The molecule has 0 aliphatic rings. The minimum Gasteiger partial charge on any atom is -0.437 e. The fraction of sp³-hybridized carbons (Fsp3) is 0. The molecule has 94 valence electrons. The molecular formula is C14H12N4O. The van der Waals surface area contributed by atoms with Crippen LogP contribution in [-0.4, -0.2) is 9.97 Å². The van der Waals surface area contributed by atoms with Crippen LogP contribution in [0.2, 0.25) is 0 Å². The summed E-state index contributed by atoms with van der Waals surface area (Å²) in [6.07, 6.45) is 3.07. The Morgan fingerprint density at radius 1 is 1.00 bits per heavy atom. The van der Waals surface area contributed by atoms with Gasteiger partial charge in [-0.05, 0) is 11.5 Å². The maximum absolute atomic E-state index is 5.76. The third kappa shape index (κ3) is 2.31. The topological polar surface area (TPSA) is 73.1 Å². The van der Waals surface area contributed by atoms with Crippen molar-refractivity contribution in [3.8, 4) is 11.6 Å². The lowest BCUT2D eigenvalue weighted by Gasteiger charge is -2.08. The number of hydrogen-bond donors (Lipinski definition) is 2. The molecule has 0 atom stereocenters. The third-order valence-electron chi connectivity index (χ3n) is 2.72. The van der Waals surface area contributed by atoms with Crippen molar-refractivity contribution in [2.45, 2.75) is 0 Å². The molecule has 0 bridgehead atoms. The summed E-state index contributed by atoms with van der Waals surface area (Å²) in [5, 5.41) is 2.14. The van der Waals surface area contributed by atoms with Crippen molar-refractivity contribution in [1.29, 1.82) is 0 Å². The average Bonchev–Trinajstić information content (AvgIpc) is 2.48. The van der Waals surface area contributed by atoms with Crippen LogP contribution in [0.15, 0.2) is 54.9 Å². The third-order valence-corrected chi connectivity index (χ3v) is 2.72. The Kier molecular flexibility index (Phi) is 2.96. The molecule has 5 nitrogen and oxygen atoms in total. The van der Waals surface area contributed by atoms with Gasteiger partial charge in [-0.3, -0.25) is 4.98 Å². The number of fused-ring (bicyclic) bond motifs is 1. The largest absolute Gasteiger partial charge is 0.437 e. The molecule has 3 N–H and O–H groups in total. The molecule has 0 aliphatic heterocycles. The quantitative estimate of drug-likeness (QED) is 0.554. The van der Waals surface area contributed by atoms with Crippen LogP contribution in [0.25, 0.3) is 10.8 Å². The second kappa shape index (κ2) is 4.91.